The largest absolute Gasteiger partial charge is 0.373 e. The first-order valence-electron chi connectivity index (χ1n) is 10.9. The quantitative estimate of drug-likeness (QED) is 0.453. The molecule has 2 rings (SSSR count). The third-order valence-corrected chi connectivity index (χ3v) is 5.17. The Morgan fingerprint density at radius 1 is 1.14 bits per heavy atom. The third-order valence-electron chi connectivity index (χ3n) is 5.17. The predicted octanol–water partition coefficient (Wildman–Crippen LogP) is 4.00. The number of fused-ring (bicyclic) bond motifs is 1. The number of amides is 1. The molecule has 1 atom stereocenters. The molecule has 6 nitrogen and oxygen atoms in total. The van der Waals surface area contributed by atoms with Gasteiger partial charge in [-0.25, -0.2) is 4.99 Å². The molecule has 0 bridgehead atoms. The van der Waals surface area contributed by atoms with Gasteiger partial charge < -0.3 is 21.7 Å². The summed E-state index contributed by atoms with van der Waals surface area (Å²) in [6.45, 7) is 14.5. The summed E-state index contributed by atoms with van der Waals surface area (Å²) in [7, 11) is 0. The second-order valence-corrected chi connectivity index (χ2v) is 9.54. The van der Waals surface area contributed by atoms with Gasteiger partial charge in [-0.2, -0.15) is 0 Å². The first-order chi connectivity index (χ1) is 13.6. The summed E-state index contributed by atoms with van der Waals surface area (Å²) < 4.78 is 0. The van der Waals surface area contributed by atoms with Gasteiger partial charge in [0, 0.05) is 18.8 Å². The molecule has 1 heterocycles. The van der Waals surface area contributed by atoms with Gasteiger partial charge in [0.05, 0.1) is 5.69 Å². The summed E-state index contributed by atoms with van der Waals surface area (Å²) in [4.78, 5) is 19.7. The first-order valence-corrected chi connectivity index (χ1v) is 10.9. The number of guanidine groups is 1. The molecule has 29 heavy (non-hydrogen) atoms. The van der Waals surface area contributed by atoms with Gasteiger partial charge in [-0.15, -0.1) is 0 Å². The number of aliphatic imine (C=N–C) groups is 1. The number of hydrogen-bond acceptors (Lipinski definition) is 3. The summed E-state index contributed by atoms with van der Waals surface area (Å²) >= 11 is 0. The van der Waals surface area contributed by atoms with Gasteiger partial charge in [-0.3, -0.25) is 4.79 Å². The summed E-state index contributed by atoms with van der Waals surface area (Å²) in [5, 5.41) is 3.51. The van der Waals surface area contributed by atoms with Crippen LogP contribution in [0.1, 0.15) is 65.5 Å². The van der Waals surface area contributed by atoms with Crippen LogP contribution in [0.4, 0.5) is 11.4 Å². The molecule has 0 saturated carbocycles. The Balaban J connectivity index is 2.49. The minimum atomic E-state index is -0.230. The maximum Gasteiger partial charge on any atom is 0.245 e. The molecule has 1 aromatic rings. The van der Waals surface area contributed by atoms with Crippen LogP contribution in [-0.2, 0) is 17.8 Å². The Morgan fingerprint density at radius 3 is 2.38 bits per heavy atom. The molecule has 0 saturated heterocycles. The summed E-state index contributed by atoms with van der Waals surface area (Å²) in [6, 6.07) is 3.96. The van der Waals surface area contributed by atoms with E-state index in [-0.39, 0.29) is 17.9 Å². The van der Waals surface area contributed by atoms with Gasteiger partial charge in [0.25, 0.3) is 0 Å². The molecule has 1 aromatic carbocycles. The Bertz CT molecular complexity index is 735. The topological polar surface area (TPSA) is 96.7 Å². The van der Waals surface area contributed by atoms with Crippen molar-refractivity contribution in [3.63, 3.8) is 0 Å². The van der Waals surface area contributed by atoms with Gasteiger partial charge in [0.1, 0.15) is 6.04 Å². The lowest BCUT2D eigenvalue weighted by atomic mass is 9.97. The number of anilines is 1. The number of benzene rings is 1. The summed E-state index contributed by atoms with van der Waals surface area (Å²) in [5.74, 6) is 1.69. The number of carbonyl (C=O) groups is 1. The lowest BCUT2D eigenvalue weighted by Gasteiger charge is -2.26. The average molecular weight is 402 g/mol. The fourth-order valence-electron chi connectivity index (χ4n) is 3.78. The van der Waals surface area contributed by atoms with E-state index >= 15 is 0 Å². The zero-order valence-corrected chi connectivity index (χ0v) is 19.0. The number of hydrogen-bond donors (Lipinski definition) is 3. The molecule has 1 aliphatic rings. The van der Waals surface area contributed by atoms with Gasteiger partial charge in [0.2, 0.25) is 5.91 Å². The fourth-order valence-corrected chi connectivity index (χ4v) is 3.78. The molecule has 0 unspecified atom stereocenters. The zero-order chi connectivity index (χ0) is 21.7. The second-order valence-electron chi connectivity index (χ2n) is 9.54. The van der Waals surface area contributed by atoms with Crippen LogP contribution in [-0.4, -0.2) is 29.4 Å². The third kappa shape index (κ3) is 6.65. The molecular formula is C23H39N5O. The fraction of sp³-hybridized carbons (Fsp3) is 0.652. The van der Waals surface area contributed by atoms with Crippen LogP contribution >= 0.6 is 0 Å². The van der Waals surface area contributed by atoms with E-state index in [1.54, 1.807) is 0 Å². The van der Waals surface area contributed by atoms with Gasteiger partial charge in [0.15, 0.2) is 5.96 Å². The van der Waals surface area contributed by atoms with E-state index in [1.165, 1.54) is 0 Å². The number of nitrogens with two attached hydrogens (primary N) is 2. The Labute approximate surface area is 176 Å². The van der Waals surface area contributed by atoms with E-state index in [9.17, 15) is 4.79 Å². The number of rotatable bonds is 8. The Morgan fingerprint density at radius 2 is 1.83 bits per heavy atom. The molecular weight excluding hydrogens is 362 g/mol. The molecule has 162 valence electrons. The van der Waals surface area contributed by atoms with Crippen LogP contribution in [0.15, 0.2) is 17.1 Å². The highest BCUT2D eigenvalue weighted by molar-refractivity contribution is 5.87. The minimum Gasteiger partial charge on any atom is -0.373 e. The maximum absolute atomic E-state index is 13.3. The molecule has 1 amide bonds. The monoisotopic (exact) mass is 401 g/mol. The molecule has 0 fully saturated rings. The van der Waals surface area contributed by atoms with Crippen molar-refractivity contribution in [2.75, 3.05) is 11.9 Å². The van der Waals surface area contributed by atoms with Crippen molar-refractivity contribution in [2.45, 2.75) is 73.4 Å². The van der Waals surface area contributed by atoms with Crippen LogP contribution in [0.2, 0.25) is 0 Å². The van der Waals surface area contributed by atoms with E-state index in [4.69, 9.17) is 11.5 Å². The van der Waals surface area contributed by atoms with E-state index in [0.717, 1.165) is 48.3 Å². The summed E-state index contributed by atoms with van der Waals surface area (Å²) in [5.41, 5.74) is 15.4. The molecule has 1 aliphatic heterocycles. The molecule has 0 radical (unpaired) electrons. The van der Waals surface area contributed by atoms with Crippen molar-refractivity contribution in [3.05, 3.63) is 23.3 Å². The molecule has 6 heteroatoms. The van der Waals surface area contributed by atoms with Gasteiger partial charge in [-0.05, 0) is 60.3 Å². The minimum absolute atomic E-state index is 0.0527. The SMILES string of the molecule is CC(C)CCN1Cc2cc(CC(C)C)c(N=C(N)N)cc2N[C@@H](CC(C)C)C1=O. The highest BCUT2D eigenvalue weighted by Crippen LogP contribution is 2.33. The number of nitrogens with one attached hydrogen (secondary N) is 1. The zero-order valence-electron chi connectivity index (χ0n) is 19.0. The van der Waals surface area contributed by atoms with E-state index in [2.05, 4.69) is 57.9 Å². The van der Waals surface area contributed by atoms with Gasteiger partial charge in [-0.1, -0.05) is 41.5 Å². The normalized spacial score (nSPS) is 16.8. The lowest BCUT2D eigenvalue weighted by molar-refractivity contribution is -0.132. The van der Waals surface area contributed by atoms with Crippen molar-refractivity contribution in [1.29, 1.82) is 0 Å². The van der Waals surface area contributed by atoms with Crippen LogP contribution in [0.5, 0.6) is 0 Å². The van der Waals surface area contributed by atoms with Crippen LogP contribution in [0.3, 0.4) is 0 Å². The van der Waals surface area contributed by atoms with Crippen LogP contribution in [0, 0.1) is 17.8 Å². The first kappa shape index (κ1) is 23.0. The van der Waals surface area contributed by atoms with E-state index in [1.807, 2.05) is 11.0 Å². The van der Waals surface area contributed by atoms with Crippen LogP contribution < -0.4 is 16.8 Å². The van der Waals surface area contributed by atoms with Crippen molar-refractivity contribution in [2.24, 2.45) is 34.2 Å². The Kier molecular flexibility index (Phi) is 7.94. The molecule has 0 aromatic heterocycles. The van der Waals surface area contributed by atoms with Crippen molar-refractivity contribution in [1.82, 2.24) is 4.90 Å². The Hall–Kier alpha value is -2.24. The molecule has 0 aliphatic carbocycles. The number of carbonyl (C=O) groups excluding carboxylic acids is 1. The molecule has 0 spiro atoms. The lowest BCUT2D eigenvalue weighted by Crippen LogP contribution is -2.41. The van der Waals surface area contributed by atoms with Crippen LogP contribution in [0.25, 0.3) is 0 Å². The van der Waals surface area contributed by atoms with E-state index < -0.39 is 0 Å². The number of nitrogens with zero attached hydrogens (tertiary/aromatic N) is 2. The second kappa shape index (κ2) is 9.99. The highest BCUT2D eigenvalue weighted by atomic mass is 16.2. The van der Waals surface area contributed by atoms with Crippen molar-refractivity contribution >= 4 is 23.2 Å². The van der Waals surface area contributed by atoms with Crippen molar-refractivity contribution < 1.29 is 4.79 Å². The summed E-state index contributed by atoms with van der Waals surface area (Å²) in [6.07, 6.45) is 2.68. The van der Waals surface area contributed by atoms with E-state index in [0.29, 0.717) is 24.3 Å². The smallest absolute Gasteiger partial charge is 0.245 e. The molecule has 5 N–H and O–H groups in total. The highest BCUT2D eigenvalue weighted by Gasteiger charge is 2.30. The maximum atomic E-state index is 13.3. The van der Waals surface area contributed by atoms with Gasteiger partial charge >= 0.3 is 0 Å². The standard InChI is InChI=1S/C23H39N5O/c1-14(2)7-8-28-13-18-11-17(9-15(3)4)19(27-23(24)25)12-20(18)26-21(22(28)29)10-16(5)6/h11-12,14-16,21,26H,7-10,13H2,1-6H3,(H4,24,25,27)/t21-/m0/s1. The average Bonchev–Trinajstić information content (AvgIpc) is 2.69. The predicted molar refractivity (Wildman–Crippen MR) is 122 cm³/mol. The van der Waals surface area contributed by atoms with Crippen molar-refractivity contribution in [3.8, 4) is 0 Å².